The molecule has 2 rings (SSSR count). The van der Waals surface area contributed by atoms with Gasteiger partial charge in [0.1, 0.15) is 11.5 Å². The van der Waals surface area contributed by atoms with Crippen LogP contribution >= 0.6 is 0 Å². The van der Waals surface area contributed by atoms with Crippen LogP contribution in [0.4, 0.5) is 4.79 Å². The number of rotatable bonds is 5. The van der Waals surface area contributed by atoms with Crippen LogP contribution in [-0.4, -0.2) is 12.7 Å². The number of para-hydroxylation sites is 1. The van der Waals surface area contributed by atoms with Crippen molar-refractivity contribution in [1.29, 1.82) is 0 Å². The molecular formula is C15H15NO3. The summed E-state index contributed by atoms with van der Waals surface area (Å²) in [5.74, 6) is 1.54. The van der Waals surface area contributed by atoms with Gasteiger partial charge in [-0.2, -0.15) is 0 Å². The molecule has 0 aromatic heterocycles. The van der Waals surface area contributed by atoms with E-state index in [-0.39, 0.29) is 6.61 Å². The maximum atomic E-state index is 10.5. The predicted octanol–water partition coefficient (Wildman–Crippen LogP) is 3.12. The summed E-state index contributed by atoms with van der Waals surface area (Å²) in [7, 11) is 0. The Morgan fingerprint density at radius 3 is 2.47 bits per heavy atom. The van der Waals surface area contributed by atoms with Crippen LogP contribution in [0.2, 0.25) is 0 Å². The summed E-state index contributed by atoms with van der Waals surface area (Å²) < 4.78 is 10.4. The third-order valence-electron chi connectivity index (χ3n) is 2.51. The first-order valence-electron chi connectivity index (χ1n) is 5.98. The first kappa shape index (κ1) is 13.0. The second-order valence-corrected chi connectivity index (χ2v) is 3.98. The molecule has 0 radical (unpaired) electrons. The van der Waals surface area contributed by atoms with Crippen molar-refractivity contribution >= 4 is 6.09 Å². The Kier molecular flexibility index (Phi) is 4.39. The molecule has 0 fully saturated rings. The number of ether oxygens (including phenoxy) is 2. The Bertz CT molecular complexity index is 540. The fraction of sp³-hybridized carbons (Fsp3) is 0.133. The number of nitrogens with two attached hydrogens (primary N) is 1. The second-order valence-electron chi connectivity index (χ2n) is 3.98. The molecular weight excluding hydrogens is 242 g/mol. The summed E-state index contributed by atoms with van der Waals surface area (Å²) in [6.07, 6.45) is -0.147. The Balaban J connectivity index is 1.97. The normalized spacial score (nSPS) is 9.89. The molecule has 2 aromatic carbocycles. The van der Waals surface area contributed by atoms with Crippen LogP contribution in [0.5, 0.6) is 11.5 Å². The molecule has 0 atom stereocenters. The molecule has 0 aliphatic carbocycles. The number of benzene rings is 2. The summed E-state index contributed by atoms with van der Waals surface area (Å²) in [4.78, 5) is 10.5. The van der Waals surface area contributed by atoms with Crippen molar-refractivity contribution in [2.75, 3.05) is 6.61 Å². The lowest BCUT2D eigenvalue weighted by Crippen LogP contribution is -2.14. The summed E-state index contributed by atoms with van der Waals surface area (Å²) in [6.45, 7) is 0.268. The molecule has 98 valence electrons. The number of primary amides is 1. The van der Waals surface area contributed by atoms with Gasteiger partial charge in [-0.05, 0) is 29.8 Å². The Morgan fingerprint density at radius 2 is 1.74 bits per heavy atom. The Labute approximate surface area is 111 Å². The number of amides is 1. The fourth-order valence-electron chi connectivity index (χ4n) is 1.66. The highest BCUT2D eigenvalue weighted by atomic mass is 16.5. The van der Waals surface area contributed by atoms with Gasteiger partial charge in [0.15, 0.2) is 0 Å². The maximum Gasteiger partial charge on any atom is 0.404 e. The second kappa shape index (κ2) is 6.44. The van der Waals surface area contributed by atoms with E-state index in [0.29, 0.717) is 6.42 Å². The van der Waals surface area contributed by atoms with Crippen LogP contribution in [0.3, 0.4) is 0 Å². The molecule has 0 heterocycles. The zero-order valence-electron chi connectivity index (χ0n) is 10.4. The van der Waals surface area contributed by atoms with Gasteiger partial charge in [0.25, 0.3) is 0 Å². The lowest BCUT2D eigenvalue weighted by atomic mass is 10.1. The van der Waals surface area contributed by atoms with E-state index < -0.39 is 6.09 Å². The van der Waals surface area contributed by atoms with Gasteiger partial charge in [-0.25, -0.2) is 4.79 Å². The minimum Gasteiger partial charge on any atom is -0.457 e. The van der Waals surface area contributed by atoms with Crippen molar-refractivity contribution < 1.29 is 14.3 Å². The number of carbonyl (C=O) groups excluding carboxylic acids is 1. The molecule has 4 nitrogen and oxygen atoms in total. The van der Waals surface area contributed by atoms with Crippen LogP contribution < -0.4 is 10.5 Å². The van der Waals surface area contributed by atoms with E-state index in [1.54, 1.807) is 0 Å². The van der Waals surface area contributed by atoms with E-state index in [0.717, 1.165) is 17.1 Å². The van der Waals surface area contributed by atoms with Gasteiger partial charge in [-0.15, -0.1) is 0 Å². The van der Waals surface area contributed by atoms with Gasteiger partial charge in [0.2, 0.25) is 0 Å². The lowest BCUT2D eigenvalue weighted by Gasteiger charge is -2.07. The van der Waals surface area contributed by atoms with Crippen LogP contribution in [0.15, 0.2) is 54.6 Å². The highest BCUT2D eigenvalue weighted by Crippen LogP contribution is 2.21. The van der Waals surface area contributed by atoms with Gasteiger partial charge in [0.05, 0.1) is 6.61 Å². The smallest absolute Gasteiger partial charge is 0.404 e. The molecule has 4 heteroatoms. The van der Waals surface area contributed by atoms with E-state index in [4.69, 9.17) is 15.2 Å². The van der Waals surface area contributed by atoms with Gasteiger partial charge in [-0.1, -0.05) is 30.3 Å². The van der Waals surface area contributed by atoms with Gasteiger partial charge in [-0.3, -0.25) is 0 Å². The zero-order chi connectivity index (χ0) is 13.5. The quantitative estimate of drug-likeness (QED) is 0.895. The molecule has 2 aromatic rings. The molecule has 0 saturated carbocycles. The minimum absolute atomic E-state index is 0.268. The standard InChI is InChI=1S/C15H15NO3/c16-15(17)18-10-9-12-5-4-8-14(11-12)19-13-6-2-1-3-7-13/h1-8,11H,9-10H2,(H2,16,17). The Hall–Kier alpha value is -2.49. The summed E-state index contributed by atoms with van der Waals surface area (Å²) in [6, 6.07) is 17.2. The average Bonchev–Trinajstić information content (AvgIpc) is 2.40. The zero-order valence-corrected chi connectivity index (χ0v) is 10.4. The van der Waals surface area contributed by atoms with Crippen molar-refractivity contribution in [3.8, 4) is 11.5 Å². The fourth-order valence-corrected chi connectivity index (χ4v) is 1.66. The molecule has 0 saturated heterocycles. The third kappa shape index (κ3) is 4.35. The third-order valence-corrected chi connectivity index (χ3v) is 2.51. The average molecular weight is 257 g/mol. The van der Waals surface area contributed by atoms with Crippen LogP contribution in [-0.2, 0) is 11.2 Å². The van der Waals surface area contributed by atoms with Crippen LogP contribution in [0, 0.1) is 0 Å². The molecule has 2 N–H and O–H groups in total. The first-order chi connectivity index (χ1) is 9.24. The number of hydrogen-bond donors (Lipinski definition) is 1. The molecule has 0 bridgehead atoms. The van der Waals surface area contributed by atoms with E-state index >= 15 is 0 Å². The van der Waals surface area contributed by atoms with E-state index in [1.807, 2.05) is 54.6 Å². The molecule has 19 heavy (non-hydrogen) atoms. The number of carbonyl (C=O) groups is 1. The molecule has 0 aliphatic rings. The topological polar surface area (TPSA) is 61.6 Å². The highest BCUT2D eigenvalue weighted by molar-refractivity contribution is 5.64. The lowest BCUT2D eigenvalue weighted by molar-refractivity contribution is 0.158. The van der Waals surface area contributed by atoms with Crippen molar-refractivity contribution in [2.45, 2.75) is 6.42 Å². The van der Waals surface area contributed by atoms with Crippen molar-refractivity contribution in [1.82, 2.24) is 0 Å². The largest absolute Gasteiger partial charge is 0.457 e. The monoisotopic (exact) mass is 257 g/mol. The van der Waals surface area contributed by atoms with E-state index in [1.165, 1.54) is 0 Å². The Morgan fingerprint density at radius 1 is 1.00 bits per heavy atom. The van der Waals surface area contributed by atoms with Gasteiger partial charge < -0.3 is 15.2 Å². The van der Waals surface area contributed by atoms with Crippen molar-refractivity contribution in [3.05, 3.63) is 60.2 Å². The first-order valence-corrected chi connectivity index (χ1v) is 5.98. The predicted molar refractivity (Wildman–Crippen MR) is 72.2 cm³/mol. The summed E-state index contributed by atoms with van der Waals surface area (Å²) in [5, 5.41) is 0. The number of hydrogen-bond acceptors (Lipinski definition) is 3. The van der Waals surface area contributed by atoms with E-state index in [9.17, 15) is 4.79 Å². The molecule has 1 amide bonds. The SMILES string of the molecule is NC(=O)OCCc1cccc(Oc2ccccc2)c1. The van der Waals surface area contributed by atoms with Crippen molar-refractivity contribution in [2.24, 2.45) is 5.73 Å². The van der Waals surface area contributed by atoms with Gasteiger partial charge in [0, 0.05) is 6.42 Å². The molecule has 0 unspecified atom stereocenters. The van der Waals surface area contributed by atoms with E-state index in [2.05, 4.69) is 0 Å². The highest BCUT2D eigenvalue weighted by Gasteiger charge is 2.00. The van der Waals surface area contributed by atoms with Crippen LogP contribution in [0.1, 0.15) is 5.56 Å². The maximum absolute atomic E-state index is 10.5. The summed E-state index contributed by atoms with van der Waals surface area (Å²) in [5.41, 5.74) is 5.93. The summed E-state index contributed by atoms with van der Waals surface area (Å²) >= 11 is 0. The van der Waals surface area contributed by atoms with Crippen LogP contribution in [0.25, 0.3) is 0 Å². The minimum atomic E-state index is -0.753. The molecule has 0 aliphatic heterocycles. The van der Waals surface area contributed by atoms with Crippen molar-refractivity contribution in [3.63, 3.8) is 0 Å². The van der Waals surface area contributed by atoms with Gasteiger partial charge >= 0.3 is 6.09 Å². The molecule has 0 spiro atoms.